The Morgan fingerprint density at radius 2 is 1.87 bits per heavy atom. The number of hydrogen-bond donors (Lipinski definition) is 1. The number of amides is 2. The average Bonchev–Trinajstić information content (AvgIpc) is 3.16. The van der Waals surface area contributed by atoms with E-state index in [9.17, 15) is 18.0 Å². The molecule has 1 aliphatic rings. The van der Waals surface area contributed by atoms with Crippen LogP contribution in [0.5, 0.6) is 11.5 Å². The first-order valence-corrected chi connectivity index (χ1v) is 11.1. The molecule has 0 spiro atoms. The fourth-order valence-corrected chi connectivity index (χ4v) is 4.66. The monoisotopic (exact) mass is 432 g/mol. The Morgan fingerprint density at radius 1 is 1.10 bits per heavy atom. The summed E-state index contributed by atoms with van der Waals surface area (Å²) in [6.45, 7) is 2.02. The molecule has 2 aromatic rings. The van der Waals surface area contributed by atoms with E-state index in [1.807, 2.05) is 0 Å². The summed E-state index contributed by atoms with van der Waals surface area (Å²) in [4.78, 5) is 25.8. The Morgan fingerprint density at radius 3 is 2.53 bits per heavy atom. The van der Waals surface area contributed by atoms with Crippen LogP contribution in [-0.4, -0.2) is 46.7 Å². The second-order valence-corrected chi connectivity index (χ2v) is 9.00. The summed E-state index contributed by atoms with van der Waals surface area (Å²) in [7, 11) is -0.674. The number of nitrogens with zero attached hydrogens (tertiary/aromatic N) is 1. The molecule has 0 unspecified atom stereocenters. The van der Waals surface area contributed by atoms with Crippen molar-refractivity contribution in [2.24, 2.45) is 0 Å². The van der Waals surface area contributed by atoms with Crippen molar-refractivity contribution in [2.45, 2.75) is 24.7 Å². The highest BCUT2D eigenvalue weighted by atomic mass is 32.2. The third-order valence-corrected chi connectivity index (χ3v) is 6.68. The van der Waals surface area contributed by atoms with Crippen molar-refractivity contribution in [1.82, 2.24) is 0 Å². The van der Waals surface area contributed by atoms with Gasteiger partial charge in [0.05, 0.1) is 30.6 Å². The summed E-state index contributed by atoms with van der Waals surface area (Å²) < 4.78 is 35.8. The maximum atomic E-state index is 12.7. The first-order valence-electron chi connectivity index (χ1n) is 9.41. The van der Waals surface area contributed by atoms with Crippen molar-refractivity contribution in [1.29, 1.82) is 0 Å². The fourth-order valence-electron chi connectivity index (χ4n) is 3.37. The molecule has 3 rings (SSSR count). The standard InChI is InChI=1S/C21H24N2O6S/c1-14(24)23-10-8-15-12-17(5-6-19(15)23)30(26,27)11-9-21(25)22-18-13-16(28-2)4-7-20(18)29-3/h4-7,12-13H,8-11H2,1-3H3,(H,22,25). The van der Waals surface area contributed by atoms with Crippen LogP contribution < -0.4 is 19.7 Å². The van der Waals surface area contributed by atoms with Crippen LogP contribution in [0, 0.1) is 0 Å². The van der Waals surface area contributed by atoms with Crippen LogP contribution in [0.15, 0.2) is 41.3 Å². The molecular weight excluding hydrogens is 408 g/mol. The minimum atomic E-state index is -3.66. The molecule has 1 aliphatic heterocycles. The summed E-state index contributed by atoms with van der Waals surface area (Å²) in [5, 5.41) is 2.67. The molecular formula is C21H24N2O6S. The van der Waals surface area contributed by atoms with Crippen molar-refractivity contribution in [3.05, 3.63) is 42.0 Å². The van der Waals surface area contributed by atoms with Gasteiger partial charge in [0, 0.05) is 31.6 Å². The van der Waals surface area contributed by atoms with Crippen LogP contribution >= 0.6 is 0 Å². The highest BCUT2D eigenvalue weighted by molar-refractivity contribution is 7.91. The Bertz CT molecular complexity index is 1080. The topological polar surface area (TPSA) is 102 Å². The molecule has 30 heavy (non-hydrogen) atoms. The second kappa shape index (κ2) is 8.74. The van der Waals surface area contributed by atoms with E-state index in [1.54, 1.807) is 35.2 Å². The van der Waals surface area contributed by atoms with Gasteiger partial charge in [-0.25, -0.2) is 8.42 Å². The van der Waals surface area contributed by atoms with Crippen LogP contribution in [0.1, 0.15) is 18.9 Å². The molecule has 0 atom stereocenters. The Kier molecular flexibility index (Phi) is 6.31. The average molecular weight is 432 g/mol. The third-order valence-electron chi connectivity index (χ3n) is 4.96. The van der Waals surface area contributed by atoms with E-state index in [1.165, 1.54) is 27.2 Å². The van der Waals surface area contributed by atoms with Crippen molar-refractivity contribution in [2.75, 3.05) is 36.7 Å². The Hall–Kier alpha value is -3.07. The predicted molar refractivity (Wildman–Crippen MR) is 113 cm³/mol. The van der Waals surface area contributed by atoms with Crippen LogP contribution in [0.2, 0.25) is 0 Å². The molecule has 0 saturated heterocycles. The highest BCUT2D eigenvalue weighted by Gasteiger charge is 2.25. The molecule has 0 bridgehead atoms. The number of benzene rings is 2. The van der Waals surface area contributed by atoms with Gasteiger partial charge in [-0.2, -0.15) is 0 Å². The van der Waals surface area contributed by atoms with Crippen LogP contribution in [0.4, 0.5) is 11.4 Å². The lowest BCUT2D eigenvalue weighted by Crippen LogP contribution is -2.25. The van der Waals surface area contributed by atoms with E-state index in [4.69, 9.17) is 9.47 Å². The van der Waals surface area contributed by atoms with Gasteiger partial charge in [-0.1, -0.05) is 0 Å². The normalized spacial score (nSPS) is 13.0. The summed E-state index contributed by atoms with van der Waals surface area (Å²) in [6.07, 6.45) is 0.397. The van der Waals surface area contributed by atoms with Crippen molar-refractivity contribution in [3.63, 3.8) is 0 Å². The maximum absolute atomic E-state index is 12.7. The first-order chi connectivity index (χ1) is 14.2. The summed E-state index contributed by atoms with van der Waals surface area (Å²) in [5.41, 5.74) is 1.96. The van der Waals surface area contributed by atoms with Gasteiger partial charge < -0.3 is 19.7 Å². The largest absolute Gasteiger partial charge is 0.497 e. The van der Waals surface area contributed by atoms with Gasteiger partial charge in [-0.3, -0.25) is 9.59 Å². The lowest BCUT2D eigenvalue weighted by molar-refractivity contribution is -0.117. The van der Waals surface area contributed by atoms with Gasteiger partial charge >= 0.3 is 0 Å². The molecule has 0 saturated carbocycles. The molecule has 2 aromatic carbocycles. The van der Waals surface area contributed by atoms with Gasteiger partial charge in [-0.15, -0.1) is 0 Å². The number of rotatable bonds is 7. The number of carbonyl (C=O) groups excluding carboxylic acids is 2. The first kappa shape index (κ1) is 21.6. The predicted octanol–water partition coefficient (Wildman–Crippen LogP) is 2.42. The number of anilines is 2. The van der Waals surface area contributed by atoms with E-state index in [0.29, 0.717) is 30.2 Å². The number of hydrogen-bond acceptors (Lipinski definition) is 6. The zero-order valence-electron chi connectivity index (χ0n) is 17.1. The van der Waals surface area contributed by atoms with Crippen molar-refractivity contribution in [3.8, 4) is 11.5 Å². The van der Waals surface area contributed by atoms with Crippen LogP contribution in [0.25, 0.3) is 0 Å². The summed E-state index contributed by atoms with van der Waals surface area (Å²) in [5.74, 6) is 0.125. The SMILES string of the molecule is COc1ccc(OC)c(NC(=O)CCS(=O)(=O)c2ccc3c(c2)CCN3C(C)=O)c1. The molecule has 160 valence electrons. The highest BCUT2D eigenvalue weighted by Crippen LogP contribution is 2.31. The van der Waals surface area contributed by atoms with E-state index in [0.717, 1.165) is 11.3 Å². The molecule has 1 heterocycles. The molecule has 0 aromatic heterocycles. The van der Waals surface area contributed by atoms with Gasteiger partial charge in [0.25, 0.3) is 0 Å². The van der Waals surface area contributed by atoms with Crippen molar-refractivity contribution < 1.29 is 27.5 Å². The molecule has 1 N–H and O–H groups in total. The number of methoxy groups -OCH3 is 2. The lowest BCUT2D eigenvalue weighted by Gasteiger charge is -2.15. The number of carbonyl (C=O) groups is 2. The lowest BCUT2D eigenvalue weighted by atomic mass is 10.2. The number of nitrogens with one attached hydrogen (secondary N) is 1. The van der Waals surface area contributed by atoms with Gasteiger partial charge in [-0.05, 0) is 42.3 Å². The minimum Gasteiger partial charge on any atom is -0.497 e. The van der Waals surface area contributed by atoms with Crippen LogP contribution in [-0.2, 0) is 25.8 Å². The zero-order valence-corrected chi connectivity index (χ0v) is 17.9. The number of fused-ring (bicyclic) bond motifs is 1. The molecule has 8 nitrogen and oxygen atoms in total. The zero-order chi connectivity index (χ0) is 21.9. The van der Waals surface area contributed by atoms with Gasteiger partial charge in [0.1, 0.15) is 11.5 Å². The number of ether oxygens (including phenoxy) is 2. The molecule has 2 amide bonds. The third kappa shape index (κ3) is 4.56. The molecule has 0 fully saturated rings. The van der Waals surface area contributed by atoms with E-state index < -0.39 is 15.7 Å². The molecule has 9 heteroatoms. The molecule has 0 radical (unpaired) electrons. The second-order valence-electron chi connectivity index (χ2n) is 6.89. The van der Waals surface area contributed by atoms with Gasteiger partial charge in [0.15, 0.2) is 9.84 Å². The quantitative estimate of drug-likeness (QED) is 0.721. The van der Waals surface area contributed by atoms with E-state index in [2.05, 4.69) is 5.32 Å². The summed E-state index contributed by atoms with van der Waals surface area (Å²) >= 11 is 0. The van der Waals surface area contributed by atoms with Crippen LogP contribution in [0.3, 0.4) is 0 Å². The Labute approximate surface area is 175 Å². The maximum Gasteiger partial charge on any atom is 0.225 e. The Balaban J connectivity index is 1.68. The summed E-state index contributed by atoms with van der Waals surface area (Å²) in [6, 6.07) is 9.68. The smallest absolute Gasteiger partial charge is 0.225 e. The van der Waals surface area contributed by atoms with E-state index in [-0.39, 0.29) is 23.0 Å². The van der Waals surface area contributed by atoms with Crippen molar-refractivity contribution >= 4 is 33.0 Å². The fraction of sp³-hybridized carbons (Fsp3) is 0.333. The van der Waals surface area contributed by atoms with Gasteiger partial charge in [0.2, 0.25) is 11.8 Å². The number of sulfone groups is 1. The van der Waals surface area contributed by atoms with E-state index >= 15 is 0 Å². The minimum absolute atomic E-state index is 0.0750. The molecule has 0 aliphatic carbocycles.